The quantitative estimate of drug-likeness (QED) is 0.316. The maximum Gasteiger partial charge on any atom is 0.247 e. The van der Waals surface area contributed by atoms with Crippen LogP contribution in [-0.4, -0.2) is 28.3 Å². The van der Waals surface area contributed by atoms with Gasteiger partial charge in [-0.25, -0.2) is 15.0 Å². The van der Waals surface area contributed by atoms with Crippen molar-refractivity contribution in [2.45, 2.75) is 6.42 Å². The molecular formula is C26H23N5O2. The molecule has 0 atom stereocenters. The summed E-state index contributed by atoms with van der Waals surface area (Å²) in [5.41, 5.74) is 7.57. The number of nitrogens with one attached hydrogen (secondary N) is 2. The summed E-state index contributed by atoms with van der Waals surface area (Å²) in [5, 5.41) is 4.93. The number of benzene rings is 3. The lowest BCUT2D eigenvalue weighted by Gasteiger charge is -2.25. The predicted molar refractivity (Wildman–Crippen MR) is 130 cm³/mol. The van der Waals surface area contributed by atoms with Crippen molar-refractivity contribution in [3.63, 3.8) is 0 Å². The normalized spacial score (nSPS) is 10.4. The predicted octanol–water partition coefficient (Wildman–Crippen LogP) is 4.35. The van der Waals surface area contributed by atoms with Gasteiger partial charge in [0.1, 0.15) is 6.33 Å². The van der Waals surface area contributed by atoms with Crippen molar-refractivity contribution in [3.05, 3.63) is 98.0 Å². The minimum Gasteiger partial charge on any atom is -0.352 e. The van der Waals surface area contributed by atoms with Crippen molar-refractivity contribution in [1.82, 2.24) is 15.3 Å². The van der Waals surface area contributed by atoms with Crippen LogP contribution in [0.3, 0.4) is 0 Å². The molecule has 0 bridgehead atoms. The van der Waals surface area contributed by atoms with E-state index in [1.807, 2.05) is 72.8 Å². The average Bonchev–Trinajstić information content (AvgIpc) is 2.87. The molecule has 0 spiro atoms. The zero-order valence-corrected chi connectivity index (χ0v) is 17.9. The number of fused-ring (bicyclic) bond motifs is 1. The molecule has 7 heteroatoms. The van der Waals surface area contributed by atoms with Crippen molar-refractivity contribution in [2.24, 2.45) is 0 Å². The first kappa shape index (κ1) is 21.7. The van der Waals surface area contributed by atoms with Gasteiger partial charge >= 0.3 is 0 Å². The Hall–Kier alpha value is -4.52. The van der Waals surface area contributed by atoms with Crippen LogP contribution in [0.15, 0.2) is 98.0 Å². The summed E-state index contributed by atoms with van der Waals surface area (Å²) in [6, 6.07) is 23.4. The second-order valence-electron chi connectivity index (χ2n) is 7.30. The van der Waals surface area contributed by atoms with Crippen molar-refractivity contribution in [2.75, 3.05) is 17.0 Å². The molecule has 164 valence electrons. The Bertz CT molecular complexity index is 1270. The highest BCUT2D eigenvalue weighted by Gasteiger charge is 2.17. The van der Waals surface area contributed by atoms with Crippen molar-refractivity contribution >= 4 is 34.1 Å². The molecule has 1 heterocycles. The Kier molecular flexibility index (Phi) is 6.70. The van der Waals surface area contributed by atoms with Crippen LogP contribution < -0.4 is 15.8 Å². The fraction of sp³-hybridized carbons (Fsp3) is 0.0769. The van der Waals surface area contributed by atoms with Crippen LogP contribution in [0.5, 0.6) is 0 Å². The highest BCUT2D eigenvalue weighted by Crippen LogP contribution is 2.24. The second kappa shape index (κ2) is 10.2. The van der Waals surface area contributed by atoms with Gasteiger partial charge in [-0.1, -0.05) is 49.0 Å². The van der Waals surface area contributed by atoms with Crippen LogP contribution in [0.2, 0.25) is 0 Å². The summed E-state index contributed by atoms with van der Waals surface area (Å²) in [5.74, 6) is -0.524. The SMILES string of the molecule is C=CC(=O)NCCC(=O)N(Nc1ccc(-c2ccccc2)cc1)c1ccc2ncncc2c1. The molecule has 4 aromatic rings. The topological polar surface area (TPSA) is 87.2 Å². The molecule has 0 aliphatic carbocycles. The Morgan fingerprint density at radius 2 is 1.73 bits per heavy atom. The summed E-state index contributed by atoms with van der Waals surface area (Å²) < 4.78 is 0. The van der Waals surface area contributed by atoms with E-state index in [2.05, 4.69) is 27.3 Å². The van der Waals surface area contributed by atoms with Crippen molar-refractivity contribution in [1.29, 1.82) is 0 Å². The Balaban J connectivity index is 1.58. The van der Waals surface area contributed by atoms with E-state index >= 15 is 0 Å². The number of carbonyl (C=O) groups excluding carboxylic acids is 2. The largest absolute Gasteiger partial charge is 0.352 e. The first-order valence-electron chi connectivity index (χ1n) is 10.5. The highest BCUT2D eigenvalue weighted by atomic mass is 16.2. The number of amides is 2. The molecule has 0 fully saturated rings. The molecule has 0 aliphatic heterocycles. The molecule has 0 aliphatic rings. The number of aromatic nitrogens is 2. The van der Waals surface area contributed by atoms with Crippen molar-refractivity contribution in [3.8, 4) is 11.1 Å². The molecule has 7 nitrogen and oxygen atoms in total. The summed E-state index contributed by atoms with van der Waals surface area (Å²) in [6.07, 6.45) is 4.48. The van der Waals surface area contributed by atoms with Gasteiger partial charge in [-0.05, 0) is 47.5 Å². The maximum absolute atomic E-state index is 13.1. The second-order valence-corrected chi connectivity index (χ2v) is 7.30. The number of carbonyl (C=O) groups is 2. The van der Waals surface area contributed by atoms with E-state index in [1.54, 1.807) is 6.20 Å². The molecule has 0 unspecified atom stereocenters. The van der Waals surface area contributed by atoms with Crippen LogP contribution in [0.4, 0.5) is 11.4 Å². The zero-order valence-electron chi connectivity index (χ0n) is 17.9. The third kappa shape index (κ3) is 5.40. The summed E-state index contributed by atoms with van der Waals surface area (Å²) >= 11 is 0. The van der Waals surface area contributed by atoms with Gasteiger partial charge < -0.3 is 5.32 Å². The Labute approximate surface area is 191 Å². The Morgan fingerprint density at radius 3 is 2.48 bits per heavy atom. The molecule has 2 amide bonds. The standard InChI is InChI=1S/C26H23N5O2/c1-2-25(32)28-15-14-26(33)31(23-12-13-24-21(16-23)17-27-18-29-24)30-22-10-8-20(9-11-22)19-6-4-3-5-7-19/h2-13,16-18,30H,1,14-15H2,(H,28,32). The van der Waals surface area contributed by atoms with E-state index in [-0.39, 0.29) is 24.8 Å². The van der Waals surface area contributed by atoms with Gasteiger partial charge in [-0.2, -0.15) is 0 Å². The minimum atomic E-state index is -0.318. The molecule has 0 saturated heterocycles. The van der Waals surface area contributed by atoms with Gasteiger partial charge in [0, 0.05) is 24.5 Å². The lowest BCUT2D eigenvalue weighted by molar-refractivity contribution is -0.118. The molecular weight excluding hydrogens is 414 g/mol. The van der Waals surface area contributed by atoms with Crippen LogP contribution in [0.1, 0.15) is 6.42 Å². The average molecular weight is 438 g/mol. The first-order chi connectivity index (χ1) is 16.1. The van der Waals surface area contributed by atoms with E-state index in [1.165, 1.54) is 17.4 Å². The molecule has 4 rings (SSSR count). The third-order valence-corrected chi connectivity index (χ3v) is 5.05. The van der Waals surface area contributed by atoms with Crippen LogP contribution in [0, 0.1) is 0 Å². The fourth-order valence-electron chi connectivity index (χ4n) is 3.36. The van der Waals surface area contributed by atoms with Gasteiger partial charge in [0.05, 0.1) is 16.9 Å². The van der Waals surface area contributed by atoms with E-state index in [4.69, 9.17) is 0 Å². The monoisotopic (exact) mass is 437 g/mol. The van der Waals surface area contributed by atoms with E-state index in [0.717, 1.165) is 27.7 Å². The summed E-state index contributed by atoms with van der Waals surface area (Å²) in [6.45, 7) is 3.62. The number of hydrogen-bond donors (Lipinski definition) is 2. The van der Waals surface area contributed by atoms with Gasteiger partial charge in [0.25, 0.3) is 0 Å². The number of anilines is 2. The van der Waals surface area contributed by atoms with E-state index in [9.17, 15) is 9.59 Å². The number of hydrogen-bond acceptors (Lipinski definition) is 5. The zero-order chi connectivity index (χ0) is 23.0. The summed E-state index contributed by atoms with van der Waals surface area (Å²) in [4.78, 5) is 32.8. The maximum atomic E-state index is 13.1. The molecule has 0 radical (unpaired) electrons. The van der Waals surface area contributed by atoms with E-state index < -0.39 is 0 Å². The van der Waals surface area contributed by atoms with Crippen molar-refractivity contribution < 1.29 is 9.59 Å². The highest BCUT2D eigenvalue weighted by molar-refractivity contribution is 5.98. The van der Waals surface area contributed by atoms with Crippen LogP contribution in [0.25, 0.3) is 22.0 Å². The molecule has 1 aromatic heterocycles. The smallest absolute Gasteiger partial charge is 0.247 e. The number of nitrogens with zero attached hydrogens (tertiary/aromatic N) is 3. The molecule has 0 saturated carbocycles. The van der Waals surface area contributed by atoms with Gasteiger partial charge in [0.15, 0.2) is 0 Å². The lowest BCUT2D eigenvalue weighted by atomic mass is 10.1. The number of hydrazine groups is 1. The molecule has 2 N–H and O–H groups in total. The first-order valence-corrected chi connectivity index (χ1v) is 10.5. The van der Waals surface area contributed by atoms with Gasteiger partial charge in [-0.3, -0.25) is 15.0 Å². The Morgan fingerprint density at radius 1 is 0.970 bits per heavy atom. The molecule has 3 aromatic carbocycles. The minimum absolute atomic E-state index is 0.109. The van der Waals surface area contributed by atoms with Crippen LogP contribution in [-0.2, 0) is 9.59 Å². The van der Waals surface area contributed by atoms with Gasteiger partial charge in [0.2, 0.25) is 11.8 Å². The number of rotatable bonds is 8. The van der Waals surface area contributed by atoms with E-state index in [0.29, 0.717) is 5.69 Å². The summed E-state index contributed by atoms with van der Waals surface area (Å²) in [7, 11) is 0. The van der Waals surface area contributed by atoms with Gasteiger partial charge in [-0.15, -0.1) is 0 Å². The fourth-order valence-corrected chi connectivity index (χ4v) is 3.36. The molecule has 33 heavy (non-hydrogen) atoms. The lowest BCUT2D eigenvalue weighted by Crippen LogP contribution is -2.38. The van der Waals surface area contributed by atoms with Crippen LogP contribution >= 0.6 is 0 Å². The third-order valence-electron chi connectivity index (χ3n) is 5.05.